The molecule has 0 bridgehead atoms. The van der Waals surface area contributed by atoms with Gasteiger partial charge in [0.2, 0.25) is 0 Å². The van der Waals surface area contributed by atoms with Gasteiger partial charge in [0, 0.05) is 0 Å². The molecule has 0 fully saturated rings. The Morgan fingerprint density at radius 1 is 0.538 bits per heavy atom. The number of hydrogen-bond donors (Lipinski definition) is 0. The van der Waals surface area contributed by atoms with Crippen molar-refractivity contribution in [2.75, 3.05) is 24.6 Å². The van der Waals surface area contributed by atoms with Crippen LogP contribution in [0, 0.1) is 0 Å². The molecule has 0 spiro atoms. The van der Waals surface area contributed by atoms with Crippen molar-refractivity contribution >= 4 is 15.8 Å². The van der Waals surface area contributed by atoms with Crippen LogP contribution in [0.5, 0.6) is 0 Å². The lowest BCUT2D eigenvalue weighted by Gasteiger charge is -2.22. The maximum absolute atomic E-state index is 2.45. The Hall–Kier alpha value is 0.0800. The molecule has 0 aliphatic carbocycles. The minimum Gasteiger partial charge on any atom is -0.102 e. The van der Waals surface area contributed by atoms with Gasteiger partial charge in [0.05, 0.1) is 0 Å². The van der Waals surface area contributed by atoms with Gasteiger partial charge in [0.15, 0.2) is 0 Å². The topological polar surface area (TPSA) is 0 Å². The Morgan fingerprint density at radius 3 is 1.12 bits per heavy atom. The van der Waals surface area contributed by atoms with Gasteiger partial charge >= 0.3 is 0 Å². The van der Waals surface area contributed by atoms with Crippen LogP contribution in [-0.4, -0.2) is 24.6 Å². The standard InChI is InChI=1S/C24H44P2/c1-5-9-17-25(18-10-6-2)21-23-15-13-14-16-24(23)22-26(19-11-7-3)20-12-8-4/h13-16H,5-12,17-22H2,1-4H3. The quantitative estimate of drug-likeness (QED) is 0.246. The van der Waals surface area contributed by atoms with Crippen LogP contribution in [0.25, 0.3) is 0 Å². The molecule has 0 aliphatic heterocycles. The van der Waals surface area contributed by atoms with Crippen molar-refractivity contribution in [3.63, 3.8) is 0 Å². The van der Waals surface area contributed by atoms with E-state index in [0.717, 1.165) is 0 Å². The van der Waals surface area contributed by atoms with Gasteiger partial charge in [0.25, 0.3) is 0 Å². The van der Waals surface area contributed by atoms with E-state index in [9.17, 15) is 0 Å². The van der Waals surface area contributed by atoms with Gasteiger partial charge in [-0.3, -0.25) is 0 Å². The highest BCUT2D eigenvalue weighted by Crippen LogP contribution is 2.46. The van der Waals surface area contributed by atoms with Crippen LogP contribution in [0.2, 0.25) is 0 Å². The first-order valence-electron chi connectivity index (χ1n) is 11.3. The third-order valence-electron chi connectivity index (χ3n) is 5.22. The monoisotopic (exact) mass is 394 g/mol. The third kappa shape index (κ3) is 10.4. The molecule has 150 valence electrons. The van der Waals surface area contributed by atoms with Gasteiger partial charge < -0.3 is 0 Å². The molecule has 0 amide bonds. The molecule has 0 unspecified atom stereocenters. The molecular formula is C24H44P2. The molecule has 0 saturated heterocycles. The second kappa shape index (κ2) is 16.1. The van der Waals surface area contributed by atoms with Gasteiger partial charge in [0.1, 0.15) is 0 Å². The van der Waals surface area contributed by atoms with E-state index in [1.54, 1.807) is 11.1 Å². The summed E-state index contributed by atoms with van der Waals surface area (Å²) in [4.78, 5) is 0. The second-order valence-electron chi connectivity index (χ2n) is 7.74. The van der Waals surface area contributed by atoms with Gasteiger partial charge in [-0.05, 0) is 73.8 Å². The highest BCUT2D eigenvalue weighted by atomic mass is 31.1. The molecule has 0 N–H and O–H groups in total. The highest BCUT2D eigenvalue weighted by Gasteiger charge is 2.14. The molecule has 1 aromatic carbocycles. The average molecular weight is 395 g/mol. The van der Waals surface area contributed by atoms with Crippen LogP contribution in [0.3, 0.4) is 0 Å². The van der Waals surface area contributed by atoms with E-state index in [1.165, 1.54) is 88.3 Å². The lowest BCUT2D eigenvalue weighted by molar-refractivity contribution is 0.863. The van der Waals surface area contributed by atoms with Crippen molar-refractivity contribution in [3.8, 4) is 0 Å². The van der Waals surface area contributed by atoms with Crippen molar-refractivity contribution in [1.29, 1.82) is 0 Å². The molecule has 1 rings (SSSR count). The van der Waals surface area contributed by atoms with Gasteiger partial charge in [-0.15, -0.1) is 15.8 Å². The predicted octanol–water partition coefficient (Wildman–Crippen LogP) is 8.85. The minimum atomic E-state index is 0.195. The number of benzene rings is 1. The molecule has 0 saturated carbocycles. The van der Waals surface area contributed by atoms with Crippen LogP contribution in [0.15, 0.2) is 24.3 Å². The van der Waals surface area contributed by atoms with Crippen LogP contribution in [0.1, 0.15) is 90.2 Å². The maximum Gasteiger partial charge on any atom is -0.00702 e. The largest absolute Gasteiger partial charge is 0.102 e. The summed E-state index contributed by atoms with van der Waals surface area (Å²) in [6.07, 6.45) is 19.8. The van der Waals surface area contributed by atoms with E-state index in [0.29, 0.717) is 0 Å². The zero-order valence-corrected chi connectivity index (χ0v) is 19.9. The van der Waals surface area contributed by atoms with E-state index in [2.05, 4.69) is 52.0 Å². The van der Waals surface area contributed by atoms with Crippen LogP contribution in [0.4, 0.5) is 0 Å². The van der Waals surface area contributed by atoms with Crippen LogP contribution < -0.4 is 0 Å². The number of rotatable bonds is 16. The molecule has 26 heavy (non-hydrogen) atoms. The summed E-state index contributed by atoms with van der Waals surface area (Å²) in [5, 5.41) is 0. The fourth-order valence-electron chi connectivity index (χ4n) is 3.41. The first-order chi connectivity index (χ1) is 12.7. The molecule has 0 nitrogen and oxygen atoms in total. The van der Waals surface area contributed by atoms with Crippen LogP contribution >= 0.6 is 15.8 Å². The number of hydrogen-bond acceptors (Lipinski definition) is 0. The maximum atomic E-state index is 2.45. The smallest absolute Gasteiger partial charge is 0.00702 e. The normalized spacial score (nSPS) is 11.6. The first-order valence-corrected chi connectivity index (χ1v) is 15.1. The van der Waals surface area contributed by atoms with Crippen molar-refractivity contribution in [2.24, 2.45) is 0 Å². The Balaban J connectivity index is 2.78. The predicted molar refractivity (Wildman–Crippen MR) is 127 cm³/mol. The van der Waals surface area contributed by atoms with Gasteiger partial charge in [-0.25, -0.2) is 0 Å². The fourth-order valence-corrected chi connectivity index (χ4v) is 9.13. The van der Waals surface area contributed by atoms with Crippen molar-refractivity contribution in [2.45, 2.75) is 91.4 Å². The van der Waals surface area contributed by atoms with E-state index >= 15 is 0 Å². The summed E-state index contributed by atoms with van der Waals surface area (Å²) in [5.41, 5.74) is 3.40. The fraction of sp³-hybridized carbons (Fsp3) is 0.750. The Kier molecular flexibility index (Phi) is 14.9. The van der Waals surface area contributed by atoms with E-state index in [-0.39, 0.29) is 15.8 Å². The number of unbranched alkanes of at least 4 members (excludes halogenated alkanes) is 4. The second-order valence-corrected chi connectivity index (χ2v) is 12.8. The summed E-state index contributed by atoms with van der Waals surface area (Å²) in [6, 6.07) is 9.48. The van der Waals surface area contributed by atoms with E-state index < -0.39 is 0 Å². The van der Waals surface area contributed by atoms with E-state index in [4.69, 9.17) is 0 Å². The lowest BCUT2D eigenvalue weighted by atomic mass is 10.1. The summed E-state index contributed by atoms with van der Waals surface area (Å²) in [6.45, 7) is 9.37. The van der Waals surface area contributed by atoms with Crippen molar-refractivity contribution in [3.05, 3.63) is 35.4 Å². The Bertz CT molecular complexity index is 387. The zero-order chi connectivity index (χ0) is 19.0. The van der Waals surface area contributed by atoms with Gasteiger partial charge in [-0.1, -0.05) is 77.6 Å². The Morgan fingerprint density at radius 2 is 0.846 bits per heavy atom. The lowest BCUT2D eigenvalue weighted by Crippen LogP contribution is -2.00. The van der Waals surface area contributed by atoms with Crippen molar-refractivity contribution < 1.29 is 0 Å². The summed E-state index contributed by atoms with van der Waals surface area (Å²) >= 11 is 0. The molecule has 0 aliphatic rings. The zero-order valence-electron chi connectivity index (χ0n) is 18.1. The molecule has 2 heteroatoms. The van der Waals surface area contributed by atoms with Crippen molar-refractivity contribution in [1.82, 2.24) is 0 Å². The molecule has 1 aromatic rings. The summed E-state index contributed by atoms with van der Waals surface area (Å²) in [5.74, 6) is 0. The van der Waals surface area contributed by atoms with E-state index in [1.807, 2.05) is 0 Å². The molecule has 0 atom stereocenters. The molecule has 0 radical (unpaired) electrons. The van der Waals surface area contributed by atoms with Crippen LogP contribution in [-0.2, 0) is 12.3 Å². The third-order valence-corrected chi connectivity index (χ3v) is 10.6. The SMILES string of the molecule is CCCCP(CCCC)Cc1ccccc1CP(CCCC)CCCC. The molecular weight excluding hydrogens is 350 g/mol. The van der Waals surface area contributed by atoms with Gasteiger partial charge in [-0.2, -0.15) is 0 Å². The summed E-state index contributed by atoms with van der Waals surface area (Å²) in [7, 11) is 0.391. The summed E-state index contributed by atoms with van der Waals surface area (Å²) < 4.78 is 0. The highest BCUT2D eigenvalue weighted by molar-refractivity contribution is 7.57. The average Bonchev–Trinajstić information content (AvgIpc) is 2.67. The molecule has 0 aromatic heterocycles. The first kappa shape index (κ1) is 24.1. The molecule has 0 heterocycles. The minimum absolute atomic E-state index is 0.195. The Labute approximate surface area is 167 Å².